The van der Waals surface area contributed by atoms with Gasteiger partial charge in [0.2, 0.25) is 0 Å². The van der Waals surface area contributed by atoms with E-state index in [0.717, 1.165) is 24.5 Å². The summed E-state index contributed by atoms with van der Waals surface area (Å²) in [4.78, 5) is 0. The Balaban J connectivity index is 2.26. The summed E-state index contributed by atoms with van der Waals surface area (Å²) >= 11 is 0. The maximum Gasteiger partial charge on any atom is 0.122 e. The molecule has 1 saturated heterocycles. The molecule has 2 rings (SSSR count). The molecule has 4 nitrogen and oxygen atoms in total. The zero-order valence-corrected chi connectivity index (χ0v) is 12.1. The number of ether oxygens (including phenoxy) is 3. The normalized spacial score (nSPS) is 24.2. The van der Waals surface area contributed by atoms with Crippen molar-refractivity contribution >= 4 is 0 Å². The number of nitrogens with one attached hydrogen (secondary N) is 1. The molecule has 1 aromatic carbocycles. The molecule has 3 unspecified atom stereocenters. The minimum Gasteiger partial charge on any atom is -0.497 e. The summed E-state index contributed by atoms with van der Waals surface area (Å²) < 4.78 is 16.4. The quantitative estimate of drug-likeness (QED) is 0.887. The van der Waals surface area contributed by atoms with Crippen molar-refractivity contribution in [2.45, 2.75) is 25.5 Å². The van der Waals surface area contributed by atoms with E-state index in [4.69, 9.17) is 14.2 Å². The van der Waals surface area contributed by atoms with Gasteiger partial charge < -0.3 is 19.5 Å². The summed E-state index contributed by atoms with van der Waals surface area (Å²) in [7, 11) is 5.33. The van der Waals surface area contributed by atoms with Crippen molar-refractivity contribution in [1.29, 1.82) is 0 Å². The van der Waals surface area contributed by atoms with Gasteiger partial charge in [-0.25, -0.2) is 0 Å². The molecular weight excluding hydrogens is 242 g/mol. The van der Waals surface area contributed by atoms with Crippen LogP contribution in [0.4, 0.5) is 0 Å². The molecule has 1 heterocycles. The highest BCUT2D eigenvalue weighted by Gasteiger charge is 2.30. The second-order valence-electron chi connectivity index (χ2n) is 5.05. The predicted molar refractivity (Wildman–Crippen MR) is 74.9 cm³/mol. The molecule has 1 N–H and O–H groups in total. The first-order valence-corrected chi connectivity index (χ1v) is 6.69. The highest BCUT2D eigenvalue weighted by molar-refractivity contribution is 5.40. The monoisotopic (exact) mass is 265 g/mol. The van der Waals surface area contributed by atoms with Gasteiger partial charge in [-0.2, -0.15) is 0 Å². The third-order valence-electron chi connectivity index (χ3n) is 3.74. The highest BCUT2D eigenvalue weighted by Crippen LogP contribution is 2.34. The SMILES string of the molecule is CNC(c1cc(OC)cc(OC)c1)C1COC(C)C1. The van der Waals surface area contributed by atoms with Crippen LogP contribution in [0.1, 0.15) is 24.9 Å². The zero-order chi connectivity index (χ0) is 13.8. The third-order valence-corrected chi connectivity index (χ3v) is 3.74. The van der Waals surface area contributed by atoms with Crippen molar-refractivity contribution in [3.8, 4) is 11.5 Å². The lowest BCUT2D eigenvalue weighted by molar-refractivity contribution is 0.117. The topological polar surface area (TPSA) is 39.7 Å². The van der Waals surface area contributed by atoms with Crippen molar-refractivity contribution in [2.75, 3.05) is 27.9 Å². The van der Waals surface area contributed by atoms with Crippen LogP contribution in [0, 0.1) is 5.92 Å². The molecule has 0 spiro atoms. The van der Waals surface area contributed by atoms with Crippen molar-refractivity contribution in [3.63, 3.8) is 0 Å². The maximum atomic E-state index is 5.68. The number of benzene rings is 1. The third kappa shape index (κ3) is 3.19. The maximum absolute atomic E-state index is 5.68. The summed E-state index contributed by atoms with van der Waals surface area (Å²) in [5.74, 6) is 2.12. The van der Waals surface area contributed by atoms with Gasteiger partial charge in [-0.1, -0.05) is 0 Å². The standard InChI is InChI=1S/C15H23NO3/c1-10-5-12(9-19-10)15(16-2)11-6-13(17-3)8-14(7-11)18-4/h6-8,10,12,15-16H,5,9H2,1-4H3. The van der Waals surface area contributed by atoms with Gasteiger partial charge in [0, 0.05) is 18.0 Å². The van der Waals surface area contributed by atoms with Crippen LogP contribution < -0.4 is 14.8 Å². The lowest BCUT2D eigenvalue weighted by Crippen LogP contribution is -2.25. The fourth-order valence-electron chi connectivity index (χ4n) is 2.77. The molecule has 0 saturated carbocycles. The number of methoxy groups -OCH3 is 2. The molecule has 1 aliphatic heterocycles. The fraction of sp³-hybridized carbons (Fsp3) is 0.600. The largest absolute Gasteiger partial charge is 0.497 e. The van der Waals surface area contributed by atoms with Crippen LogP contribution in [0.5, 0.6) is 11.5 Å². The van der Waals surface area contributed by atoms with E-state index >= 15 is 0 Å². The van der Waals surface area contributed by atoms with E-state index in [0.29, 0.717) is 12.0 Å². The van der Waals surface area contributed by atoms with Crippen LogP contribution in [0.25, 0.3) is 0 Å². The van der Waals surface area contributed by atoms with Gasteiger partial charge in [-0.05, 0) is 38.1 Å². The molecular formula is C15H23NO3. The van der Waals surface area contributed by atoms with E-state index in [-0.39, 0.29) is 6.04 Å². The van der Waals surface area contributed by atoms with E-state index in [1.165, 1.54) is 5.56 Å². The van der Waals surface area contributed by atoms with Gasteiger partial charge >= 0.3 is 0 Å². The Morgan fingerprint density at radius 1 is 1.21 bits per heavy atom. The zero-order valence-electron chi connectivity index (χ0n) is 12.1. The van der Waals surface area contributed by atoms with Crippen molar-refractivity contribution in [3.05, 3.63) is 23.8 Å². The van der Waals surface area contributed by atoms with Crippen LogP contribution in [0.2, 0.25) is 0 Å². The molecule has 0 aromatic heterocycles. The van der Waals surface area contributed by atoms with Crippen LogP contribution in [0.15, 0.2) is 18.2 Å². The Bertz CT molecular complexity index is 400. The lowest BCUT2D eigenvalue weighted by Gasteiger charge is -2.23. The van der Waals surface area contributed by atoms with Crippen LogP contribution in [-0.2, 0) is 4.74 Å². The first kappa shape index (κ1) is 14.2. The smallest absolute Gasteiger partial charge is 0.122 e. The van der Waals surface area contributed by atoms with E-state index in [2.05, 4.69) is 24.4 Å². The van der Waals surface area contributed by atoms with Gasteiger partial charge in [0.25, 0.3) is 0 Å². The summed E-state index contributed by atoms with van der Waals surface area (Å²) in [5.41, 5.74) is 1.18. The number of rotatable bonds is 5. The molecule has 3 atom stereocenters. The Kier molecular flexibility index (Phi) is 4.66. The van der Waals surface area contributed by atoms with Gasteiger partial charge in [0.15, 0.2) is 0 Å². The molecule has 0 aliphatic carbocycles. The summed E-state index contributed by atoms with van der Waals surface area (Å²) in [6.45, 7) is 2.92. The van der Waals surface area contributed by atoms with E-state index in [1.807, 2.05) is 13.1 Å². The van der Waals surface area contributed by atoms with E-state index in [1.54, 1.807) is 14.2 Å². The van der Waals surface area contributed by atoms with Crippen LogP contribution in [-0.4, -0.2) is 34.0 Å². The van der Waals surface area contributed by atoms with Gasteiger partial charge in [-0.3, -0.25) is 0 Å². The minimum absolute atomic E-state index is 0.258. The Morgan fingerprint density at radius 2 is 1.84 bits per heavy atom. The molecule has 106 valence electrons. The van der Waals surface area contributed by atoms with Crippen molar-refractivity contribution in [2.24, 2.45) is 5.92 Å². The second-order valence-corrected chi connectivity index (χ2v) is 5.05. The highest BCUT2D eigenvalue weighted by atomic mass is 16.5. The first-order valence-electron chi connectivity index (χ1n) is 6.69. The van der Waals surface area contributed by atoms with Crippen molar-refractivity contribution in [1.82, 2.24) is 5.32 Å². The molecule has 0 radical (unpaired) electrons. The van der Waals surface area contributed by atoms with E-state index < -0.39 is 0 Å². The molecule has 1 aliphatic rings. The molecule has 1 aromatic rings. The molecule has 1 fully saturated rings. The summed E-state index contributed by atoms with van der Waals surface area (Å²) in [6.07, 6.45) is 1.42. The molecule has 19 heavy (non-hydrogen) atoms. The molecule has 4 heteroatoms. The summed E-state index contributed by atoms with van der Waals surface area (Å²) in [5, 5.41) is 3.39. The molecule has 0 bridgehead atoms. The fourth-order valence-corrected chi connectivity index (χ4v) is 2.77. The lowest BCUT2D eigenvalue weighted by atomic mass is 9.91. The Labute approximate surface area is 115 Å². The average Bonchev–Trinajstić information content (AvgIpc) is 2.85. The number of hydrogen-bond acceptors (Lipinski definition) is 4. The van der Waals surface area contributed by atoms with Crippen LogP contribution in [0.3, 0.4) is 0 Å². The Hall–Kier alpha value is -1.26. The number of hydrogen-bond donors (Lipinski definition) is 1. The molecule has 0 amide bonds. The predicted octanol–water partition coefficient (Wildman–Crippen LogP) is 2.39. The Morgan fingerprint density at radius 3 is 2.26 bits per heavy atom. The van der Waals surface area contributed by atoms with Crippen LogP contribution >= 0.6 is 0 Å². The second kappa shape index (κ2) is 6.26. The minimum atomic E-state index is 0.258. The average molecular weight is 265 g/mol. The van der Waals surface area contributed by atoms with Crippen molar-refractivity contribution < 1.29 is 14.2 Å². The van der Waals surface area contributed by atoms with E-state index in [9.17, 15) is 0 Å². The van der Waals surface area contributed by atoms with Gasteiger partial charge in [0.05, 0.1) is 26.9 Å². The first-order chi connectivity index (χ1) is 9.17. The summed E-state index contributed by atoms with van der Waals surface area (Å²) in [6, 6.07) is 6.28. The van der Waals surface area contributed by atoms with Gasteiger partial charge in [0.1, 0.15) is 11.5 Å². The van der Waals surface area contributed by atoms with Gasteiger partial charge in [-0.15, -0.1) is 0 Å².